The molecule has 0 aliphatic carbocycles. The monoisotopic (exact) mass is 1460 g/mol. The lowest BCUT2D eigenvalue weighted by molar-refractivity contribution is -0.401. The van der Waals surface area contributed by atoms with Crippen molar-refractivity contribution in [1.82, 2.24) is 36.8 Å². The molecule has 0 aromatic heterocycles. The van der Waals surface area contributed by atoms with Gasteiger partial charge >= 0.3 is 11.9 Å². The van der Waals surface area contributed by atoms with Crippen LogP contribution in [0.5, 0.6) is 0 Å². The van der Waals surface area contributed by atoms with E-state index in [1.165, 1.54) is 33.9 Å². The zero-order valence-corrected chi connectivity index (χ0v) is 63.4. The Bertz CT molecular complexity index is 4370. The van der Waals surface area contributed by atoms with E-state index in [1.807, 2.05) is 78.9 Å². The summed E-state index contributed by atoms with van der Waals surface area (Å²) < 4.78 is 12.7. The minimum Gasteiger partial charge on any atom is -0.466 e. The predicted molar refractivity (Wildman–Crippen MR) is 420 cm³/mol. The van der Waals surface area contributed by atoms with E-state index in [-0.39, 0.29) is 101 Å². The van der Waals surface area contributed by atoms with E-state index in [1.54, 1.807) is 43.0 Å². The number of fused-ring (bicyclic) bond motifs is 5. The molecular weight excluding hydrogens is 1360 g/mol. The highest BCUT2D eigenvalue weighted by molar-refractivity contribution is 6.03. The third kappa shape index (κ3) is 20.6. The fourth-order valence-corrected chi connectivity index (χ4v) is 15.3. The molecule has 6 aromatic rings. The lowest BCUT2D eigenvalue weighted by atomic mass is 9.74. The highest BCUT2D eigenvalue weighted by Gasteiger charge is 2.46. The molecule has 0 unspecified atom stereocenters. The molecule has 20 heteroatoms. The van der Waals surface area contributed by atoms with Crippen LogP contribution >= 0.6 is 0 Å². The number of hydrogen-bond acceptors (Lipinski definition) is 12. The maximum Gasteiger partial charge on any atom is 0.306 e. The molecular formula is C88H104N9O11+. The first-order valence-electron chi connectivity index (χ1n) is 38.0. The molecule has 4 heterocycles. The van der Waals surface area contributed by atoms with Crippen LogP contribution in [0.15, 0.2) is 200 Å². The molecule has 2 bridgehead atoms. The molecule has 0 radical (unpaired) electrons. The van der Waals surface area contributed by atoms with Crippen molar-refractivity contribution >= 4 is 70.4 Å². The van der Waals surface area contributed by atoms with Gasteiger partial charge in [0.15, 0.2) is 5.71 Å². The molecule has 20 nitrogen and oxygen atoms in total. The lowest BCUT2D eigenvalue weighted by Crippen LogP contribution is -2.58. The average Bonchev–Trinajstić information content (AvgIpc) is 1.60. The van der Waals surface area contributed by atoms with Crippen molar-refractivity contribution in [2.24, 2.45) is 5.41 Å². The van der Waals surface area contributed by atoms with Gasteiger partial charge < -0.3 is 51.2 Å². The van der Waals surface area contributed by atoms with Crippen LogP contribution < -0.4 is 36.8 Å². The Hall–Kier alpha value is -11.0. The van der Waals surface area contributed by atoms with E-state index in [4.69, 9.17) is 9.47 Å². The summed E-state index contributed by atoms with van der Waals surface area (Å²) in [6.07, 6.45) is 16.7. The zero-order chi connectivity index (χ0) is 76.8. The quantitative estimate of drug-likeness (QED) is 0.0135. The van der Waals surface area contributed by atoms with Crippen molar-refractivity contribution in [3.8, 4) is 11.1 Å². The largest absolute Gasteiger partial charge is 0.466 e. The van der Waals surface area contributed by atoms with Gasteiger partial charge in [-0.15, -0.1) is 0 Å². The molecule has 10 rings (SSSR count). The van der Waals surface area contributed by atoms with Crippen LogP contribution in [0.3, 0.4) is 0 Å². The Morgan fingerprint density at radius 1 is 0.667 bits per heavy atom. The minimum absolute atomic E-state index is 0.000161. The first kappa shape index (κ1) is 79.5. The van der Waals surface area contributed by atoms with Gasteiger partial charge in [-0.3, -0.25) is 43.2 Å². The number of para-hydroxylation sites is 2. The van der Waals surface area contributed by atoms with Gasteiger partial charge in [0.1, 0.15) is 19.1 Å². The number of nitrogens with zero attached hydrogens (tertiary/aromatic N) is 3. The normalized spacial score (nSPS) is 19.6. The maximum absolute atomic E-state index is 15.3. The summed E-state index contributed by atoms with van der Waals surface area (Å²) in [5, 5.41) is 17.6. The standard InChI is InChI=1S/C88H103N9O11/c1-8-107-81(102)56-68(57-82(103)108-9-2)65-43-41-64(42-44-65)63-39-37-61(38-40-63)54-72-84(105)92-59-67-29-19-18-28-66(67)55-79(100)93-71(47-49-89-78(99)45-46-80(101)96-52-25-48-88(60-96,85(106)94-72)58-62-26-13-10-14-27-62)83(104)91-51-50-90-77(98)36-17-12-24-53-97-74-33-23-21-31-70(74)87(5,6)76(97)35-16-11-15-34-75-86(3,4)69-30-20-22-32-73(69)95(75)7/h10-11,13-16,18-23,26-35,37-46,68,71-72H,8-9,12,17,24-25,36,47-60H2,1-7H3,(H5-,89,90,91,92,93,94,98,99,100,104,105,106)/p+1/b46-45+/t71-,72-,88-/m1/s1. The highest BCUT2D eigenvalue weighted by Crippen LogP contribution is 2.48. The number of carbonyl (C=O) groups excluding carboxylic acids is 9. The van der Waals surface area contributed by atoms with Crippen LogP contribution in [0.2, 0.25) is 0 Å². The van der Waals surface area contributed by atoms with Crippen LogP contribution in [0.4, 0.5) is 11.4 Å². The smallest absolute Gasteiger partial charge is 0.306 e. The van der Waals surface area contributed by atoms with Crippen LogP contribution in [0.1, 0.15) is 144 Å². The van der Waals surface area contributed by atoms with Crippen molar-refractivity contribution in [3.63, 3.8) is 0 Å². The average molecular weight is 1460 g/mol. The van der Waals surface area contributed by atoms with Crippen molar-refractivity contribution < 1.29 is 57.2 Å². The van der Waals surface area contributed by atoms with Crippen molar-refractivity contribution in [1.29, 1.82) is 0 Å². The Morgan fingerprint density at radius 2 is 1.32 bits per heavy atom. The SMILES string of the molecule is CCOC(=O)CC(CC(=O)OCC)c1ccc(-c2ccc(C[C@H]3NC(=O)[C@@]4(Cc5ccccc5)CCCN(C4)C(=O)/C=C/C(=O)NCC[C@H](C(=O)NCCNC(=O)CCCCCN4\C(=C/C=C/C=C/C5=[N+](C)c6ccccc6C5(C)C)C(C)(C)c5ccccc54)NC(=O)Cc4ccccc4CNC3=O)cc2)cc1. The molecule has 7 amide bonds. The molecule has 3 atom stereocenters. The maximum atomic E-state index is 15.3. The number of anilines is 1. The number of esters is 2. The summed E-state index contributed by atoms with van der Waals surface area (Å²) in [6, 6.07) is 46.7. The van der Waals surface area contributed by atoms with Gasteiger partial charge in [0.05, 0.1) is 43.3 Å². The van der Waals surface area contributed by atoms with E-state index in [9.17, 15) is 38.4 Å². The van der Waals surface area contributed by atoms with Crippen LogP contribution in [-0.2, 0) is 89.3 Å². The van der Waals surface area contributed by atoms with Gasteiger partial charge in [0.2, 0.25) is 47.0 Å². The van der Waals surface area contributed by atoms with Gasteiger partial charge in [0, 0.05) is 111 Å². The number of piperidine rings is 1. The highest BCUT2D eigenvalue weighted by atomic mass is 16.5. The van der Waals surface area contributed by atoms with E-state index in [0.29, 0.717) is 43.4 Å². The number of ether oxygens (including phenoxy) is 2. The number of amides is 7. The number of unbranched alkanes of at least 4 members (excludes halogenated alkanes) is 2. The van der Waals surface area contributed by atoms with E-state index in [2.05, 4.69) is 155 Å². The molecule has 4 aliphatic rings. The minimum atomic E-state index is -1.19. The first-order chi connectivity index (χ1) is 52.1. The van der Waals surface area contributed by atoms with Gasteiger partial charge in [-0.1, -0.05) is 178 Å². The number of benzene rings is 6. The fraction of sp³-hybridized carbons (Fsp3) is 0.386. The lowest BCUT2D eigenvalue weighted by Gasteiger charge is -2.42. The molecule has 0 saturated carbocycles. The second kappa shape index (κ2) is 37.5. The van der Waals surface area contributed by atoms with Gasteiger partial charge in [-0.2, -0.15) is 4.58 Å². The number of allylic oxidation sites excluding steroid dienone is 6. The first-order valence-corrected chi connectivity index (χ1v) is 38.0. The third-order valence-corrected chi connectivity index (χ3v) is 21.1. The Balaban J connectivity index is 0.772. The Kier molecular flexibility index (Phi) is 27.6. The Labute approximate surface area is 635 Å². The molecule has 1 saturated heterocycles. The van der Waals surface area contributed by atoms with E-state index >= 15 is 4.79 Å². The molecule has 108 heavy (non-hydrogen) atoms. The van der Waals surface area contributed by atoms with Gasteiger partial charge in [-0.05, 0) is 123 Å². The summed E-state index contributed by atoms with van der Waals surface area (Å²) in [4.78, 5) is 128. The molecule has 0 spiro atoms. The van der Waals surface area contributed by atoms with Crippen LogP contribution in [-0.4, -0.2) is 140 Å². The summed E-state index contributed by atoms with van der Waals surface area (Å²) in [5.74, 6) is -4.47. The van der Waals surface area contributed by atoms with Gasteiger partial charge in [-0.25, -0.2) is 0 Å². The van der Waals surface area contributed by atoms with E-state index in [0.717, 1.165) is 59.4 Å². The second-order valence-corrected chi connectivity index (χ2v) is 29.4. The summed E-state index contributed by atoms with van der Waals surface area (Å²) in [6.45, 7) is 14.2. The molecule has 4 aliphatic heterocycles. The summed E-state index contributed by atoms with van der Waals surface area (Å²) in [5.41, 5.74) is 11.2. The summed E-state index contributed by atoms with van der Waals surface area (Å²) in [7, 11) is 2.12. The number of nitrogens with one attached hydrogen (secondary N) is 6. The summed E-state index contributed by atoms with van der Waals surface area (Å²) >= 11 is 0. The van der Waals surface area contributed by atoms with Crippen LogP contribution in [0.25, 0.3) is 11.1 Å². The van der Waals surface area contributed by atoms with Gasteiger partial charge in [0.25, 0.3) is 0 Å². The van der Waals surface area contributed by atoms with Crippen molar-refractivity contribution in [2.45, 2.75) is 154 Å². The third-order valence-electron chi connectivity index (χ3n) is 21.1. The molecule has 6 aromatic carbocycles. The van der Waals surface area contributed by atoms with Crippen LogP contribution in [0, 0.1) is 5.41 Å². The van der Waals surface area contributed by atoms with Crippen molar-refractivity contribution in [2.75, 3.05) is 64.4 Å². The molecule has 6 N–H and O–H groups in total. The zero-order valence-electron chi connectivity index (χ0n) is 63.4. The topological polar surface area (TPSA) is 254 Å². The van der Waals surface area contributed by atoms with Crippen molar-refractivity contribution in [3.05, 3.63) is 239 Å². The molecule has 566 valence electrons. The number of rotatable bonds is 25. The second-order valence-electron chi connectivity index (χ2n) is 29.4. The van der Waals surface area contributed by atoms with E-state index < -0.39 is 70.8 Å². The Morgan fingerprint density at radius 3 is 2.04 bits per heavy atom. The number of carbonyl (C=O) groups is 9. The predicted octanol–water partition coefficient (Wildman–Crippen LogP) is 10.9. The fourth-order valence-electron chi connectivity index (χ4n) is 15.3. The molecule has 1 fully saturated rings. The number of hydrogen-bond donors (Lipinski definition) is 6.